The zero-order chi connectivity index (χ0) is 12.8. The maximum Gasteiger partial charge on any atom is 0.323 e. The first kappa shape index (κ1) is 14.6. The highest BCUT2D eigenvalue weighted by atomic mass is 16.4. The van der Waals surface area contributed by atoms with Crippen molar-refractivity contribution in [3.05, 3.63) is 12.7 Å². The van der Waals surface area contributed by atoms with Crippen LogP contribution in [0.3, 0.4) is 0 Å². The number of amides is 1. The van der Waals surface area contributed by atoms with E-state index < -0.39 is 11.4 Å². The van der Waals surface area contributed by atoms with Crippen LogP contribution in [0.1, 0.15) is 20.3 Å². The highest BCUT2D eigenvalue weighted by Gasteiger charge is 2.33. The summed E-state index contributed by atoms with van der Waals surface area (Å²) in [5.74, 6) is -1.27. The molecule has 0 heterocycles. The van der Waals surface area contributed by atoms with E-state index in [4.69, 9.17) is 10.8 Å². The maximum atomic E-state index is 12.1. The molecule has 1 amide bonds. The van der Waals surface area contributed by atoms with Gasteiger partial charge in [0.05, 0.1) is 5.41 Å². The van der Waals surface area contributed by atoms with Crippen molar-refractivity contribution < 1.29 is 14.7 Å². The van der Waals surface area contributed by atoms with E-state index in [-0.39, 0.29) is 25.5 Å². The molecule has 0 fully saturated rings. The third-order valence-electron chi connectivity index (χ3n) is 2.71. The van der Waals surface area contributed by atoms with Gasteiger partial charge in [-0.2, -0.15) is 0 Å². The van der Waals surface area contributed by atoms with Crippen molar-refractivity contribution in [2.24, 2.45) is 11.1 Å². The quantitative estimate of drug-likeness (QED) is 0.620. The molecule has 5 heteroatoms. The van der Waals surface area contributed by atoms with E-state index in [2.05, 4.69) is 6.58 Å². The largest absolute Gasteiger partial charge is 0.480 e. The molecule has 0 saturated heterocycles. The van der Waals surface area contributed by atoms with E-state index >= 15 is 0 Å². The minimum Gasteiger partial charge on any atom is -0.480 e. The Morgan fingerprint density at radius 1 is 1.56 bits per heavy atom. The lowest BCUT2D eigenvalue weighted by Crippen LogP contribution is -2.47. The van der Waals surface area contributed by atoms with E-state index in [1.54, 1.807) is 6.92 Å². The molecule has 1 unspecified atom stereocenters. The Hall–Kier alpha value is -1.36. The summed E-state index contributed by atoms with van der Waals surface area (Å²) in [7, 11) is 0. The van der Waals surface area contributed by atoms with E-state index in [1.807, 2.05) is 6.92 Å². The average Bonchev–Trinajstić information content (AvgIpc) is 2.26. The molecule has 5 nitrogen and oxygen atoms in total. The molecule has 0 aromatic heterocycles. The molecule has 16 heavy (non-hydrogen) atoms. The fourth-order valence-corrected chi connectivity index (χ4v) is 1.30. The molecule has 0 aliphatic heterocycles. The SMILES string of the molecule is C=CCN(CC(=O)O)C(=O)C(C)(CC)CN. The van der Waals surface area contributed by atoms with Gasteiger partial charge >= 0.3 is 5.97 Å². The number of rotatable bonds is 7. The Kier molecular flexibility index (Phi) is 5.74. The van der Waals surface area contributed by atoms with Crippen LogP contribution in [0.15, 0.2) is 12.7 Å². The molecule has 1 atom stereocenters. The Balaban J connectivity index is 4.84. The van der Waals surface area contributed by atoms with Crippen molar-refractivity contribution in [3.8, 4) is 0 Å². The Morgan fingerprint density at radius 2 is 2.12 bits per heavy atom. The van der Waals surface area contributed by atoms with Gasteiger partial charge in [0.15, 0.2) is 0 Å². The number of carbonyl (C=O) groups excluding carboxylic acids is 1. The Bertz CT molecular complexity index is 272. The molecular weight excluding hydrogens is 208 g/mol. The summed E-state index contributed by atoms with van der Waals surface area (Å²) in [5.41, 5.74) is 4.87. The number of carboxylic acid groups (broad SMARTS) is 1. The fraction of sp³-hybridized carbons (Fsp3) is 0.636. The van der Waals surface area contributed by atoms with Crippen molar-refractivity contribution in [2.75, 3.05) is 19.6 Å². The highest BCUT2D eigenvalue weighted by Crippen LogP contribution is 2.22. The first-order chi connectivity index (χ1) is 7.41. The van der Waals surface area contributed by atoms with E-state index in [0.29, 0.717) is 6.42 Å². The lowest BCUT2D eigenvalue weighted by atomic mass is 9.86. The second-order valence-corrected chi connectivity index (χ2v) is 3.99. The van der Waals surface area contributed by atoms with Crippen molar-refractivity contribution in [1.82, 2.24) is 4.90 Å². The third-order valence-corrected chi connectivity index (χ3v) is 2.71. The van der Waals surface area contributed by atoms with Gasteiger partial charge in [0, 0.05) is 13.1 Å². The zero-order valence-electron chi connectivity index (χ0n) is 9.90. The van der Waals surface area contributed by atoms with E-state index in [9.17, 15) is 9.59 Å². The molecular formula is C11H20N2O3. The van der Waals surface area contributed by atoms with Crippen molar-refractivity contribution in [2.45, 2.75) is 20.3 Å². The predicted molar refractivity (Wildman–Crippen MR) is 61.9 cm³/mol. The molecule has 92 valence electrons. The summed E-state index contributed by atoms with van der Waals surface area (Å²) in [6.07, 6.45) is 2.09. The minimum atomic E-state index is -1.04. The van der Waals surface area contributed by atoms with Gasteiger partial charge in [0.2, 0.25) is 5.91 Å². The summed E-state index contributed by atoms with van der Waals surface area (Å²) < 4.78 is 0. The normalized spacial score (nSPS) is 13.9. The second kappa shape index (κ2) is 6.27. The van der Waals surface area contributed by atoms with Crippen LogP contribution in [-0.2, 0) is 9.59 Å². The number of carbonyl (C=O) groups is 2. The van der Waals surface area contributed by atoms with Crippen LogP contribution in [-0.4, -0.2) is 41.5 Å². The van der Waals surface area contributed by atoms with Gasteiger partial charge in [-0.25, -0.2) is 0 Å². The standard InChI is InChI=1S/C11H20N2O3/c1-4-6-13(7-9(14)15)10(16)11(3,5-2)8-12/h4H,1,5-8,12H2,2-3H3,(H,14,15). The van der Waals surface area contributed by atoms with E-state index in [0.717, 1.165) is 0 Å². The molecule has 0 bridgehead atoms. The summed E-state index contributed by atoms with van der Waals surface area (Å²) in [6, 6.07) is 0. The summed E-state index contributed by atoms with van der Waals surface area (Å²) >= 11 is 0. The van der Waals surface area contributed by atoms with Crippen LogP contribution in [0.4, 0.5) is 0 Å². The smallest absolute Gasteiger partial charge is 0.323 e. The van der Waals surface area contributed by atoms with Gasteiger partial charge < -0.3 is 15.7 Å². The number of nitrogens with two attached hydrogens (primary N) is 1. The van der Waals surface area contributed by atoms with Gasteiger partial charge in [-0.1, -0.05) is 13.0 Å². The number of aliphatic carboxylic acids is 1. The maximum absolute atomic E-state index is 12.1. The lowest BCUT2D eigenvalue weighted by Gasteiger charge is -2.31. The number of hydrogen-bond donors (Lipinski definition) is 2. The number of carboxylic acids is 1. The summed E-state index contributed by atoms with van der Waals surface area (Å²) in [4.78, 5) is 24.0. The molecule has 0 saturated carbocycles. The van der Waals surface area contributed by atoms with Crippen LogP contribution < -0.4 is 5.73 Å². The number of nitrogens with zero attached hydrogens (tertiary/aromatic N) is 1. The van der Waals surface area contributed by atoms with Crippen LogP contribution in [0.25, 0.3) is 0 Å². The molecule has 3 N–H and O–H groups in total. The van der Waals surface area contributed by atoms with Crippen molar-refractivity contribution in [1.29, 1.82) is 0 Å². The molecule has 0 aromatic rings. The molecule has 0 aliphatic rings. The third kappa shape index (κ3) is 3.66. The second-order valence-electron chi connectivity index (χ2n) is 3.99. The van der Waals surface area contributed by atoms with Crippen LogP contribution >= 0.6 is 0 Å². The lowest BCUT2D eigenvalue weighted by molar-refractivity contribution is -0.148. The fourth-order valence-electron chi connectivity index (χ4n) is 1.30. The zero-order valence-corrected chi connectivity index (χ0v) is 9.90. The predicted octanol–water partition coefficient (Wildman–Crippen LogP) is 0.461. The topological polar surface area (TPSA) is 83.6 Å². The molecule has 0 aliphatic carbocycles. The van der Waals surface area contributed by atoms with Gasteiger partial charge in [-0.15, -0.1) is 6.58 Å². The van der Waals surface area contributed by atoms with Crippen molar-refractivity contribution in [3.63, 3.8) is 0 Å². The van der Waals surface area contributed by atoms with Crippen molar-refractivity contribution >= 4 is 11.9 Å². The molecule has 0 rings (SSSR count). The van der Waals surface area contributed by atoms with Crippen LogP contribution in [0.5, 0.6) is 0 Å². The molecule has 0 spiro atoms. The Labute approximate surface area is 95.9 Å². The van der Waals surface area contributed by atoms with Crippen LogP contribution in [0.2, 0.25) is 0 Å². The highest BCUT2D eigenvalue weighted by molar-refractivity contribution is 5.86. The monoisotopic (exact) mass is 228 g/mol. The first-order valence-corrected chi connectivity index (χ1v) is 5.23. The first-order valence-electron chi connectivity index (χ1n) is 5.23. The van der Waals surface area contributed by atoms with Gasteiger partial charge in [-0.3, -0.25) is 9.59 Å². The van der Waals surface area contributed by atoms with Gasteiger partial charge in [0.1, 0.15) is 6.54 Å². The van der Waals surface area contributed by atoms with Gasteiger partial charge in [0.25, 0.3) is 0 Å². The van der Waals surface area contributed by atoms with Gasteiger partial charge in [-0.05, 0) is 13.3 Å². The summed E-state index contributed by atoms with van der Waals surface area (Å²) in [6.45, 7) is 7.22. The average molecular weight is 228 g/mol. The van der Waals surface area contributed by atoms with Crippen LogP contribution in [0, 0.1) is 5.41 Å². The Morgan fingerprint density at radius 3 is 2.44 bits per heavy atom. The van der Waals surface area contributed by atoms with E-state index in [1.165, 1.54) is 11.0 Å². The number of hydrogen-bond acceptors (Lipinski definition) is 3. The summed E-state index contributed by atoms with van der Waals surface area (Å²) in [5, 5.41) is 8.71. The molecule has 0 aromatic carbocycles. The molecule has 0 radical (unpaired) electrons. The minimum absolute atomic E-state index is 0.204.